The fraction of sp³-hybridized carbons (Fsp3) is 0. The Morgan fingerprint density at radius 3 is 3.09 bits per heavy atom. The van der Waals surface area contributed by atoms with Crippen LogP contribution in [0.2, 0.25) is 0 Å². The van der Waals surface area contributed by atoms with Crippen LogP contribution in [0, 0.1) is 4.64 Å². The van der Waals surface area contributed by atoms with E-state index >= 15 is 0 Å². The third-order valence-corrected chi connectivity index (χ3v) is 1.94. The zero-order chi connectivity index (χ0) is 7.84. The van der Waals surface area contributed by atoms with E-state index in [0.717, 1.165) is 5.52 Å². The number of hydrogen-bond donors (Lipinski definition) is 2. The maximum atomic E-state index is 4.94. The van der Waals surface area contributed by atoms with E-state index in [4.69, 9.17) is 12.2 Å². The summed E-state index contributed by atoms with van der Waals surface area (Å²) in [6, 6.07) is 0. The molecule has 0 bridgehead atoms. The van der Waals surface area contributed by atoms with E-state index in [1.54, 1.807) is 6.33 Å². The molecule has 6 heteroatoms. The molecule has 0 aliphatic heterocycles. The molecule has 2 aromatic rings. The summed E-state index contributed by atoms with van der Waals surface area (Å²) >= 11 is 9.03. The molecule has 0 fully saturated rings. The van der Waals surface area contributed by atoms with Gasteiger partial charge in [-0.05, 0) is 0 Å². The molecule has 56 valence electrons. The van der Waals surface area contributed by atoms with Gasteiger partial charge in [-0.25, -0.2) is 9.97 Å². The highest BCUT2D eigenvalue weighted by Crippen LogP contribution is 2.08. The number of H-pyrrole nitrogens is 1. The predicted molar refractivity (Wildman–Crippen MR) is 47.1 cm³/mol. The largest absolute Gasteiger partial charge is 0.341 e. The van der Waals surface area contributed by atoms with Gasteiger partial charge in [-0.3, -0.25) is 3.97 Å². The zero-order valence-electron chi connectivity index (χ0n) is 5.35. The Morgan fingerprint density at radius 1 is 1.55 bits per heavy atom. The molecule has 0 radical (unpaired) electrons. The van der Waals surface area contributed by atoms with Crippen molar-refractivity contribution in [3.8, 4) is 0 Å². The molecule has 2 heterocycles. The molecule has 0 saturated heterocycles. The first-order valence-corrected chi connectivity index (χ1v) is 3.70. The van der Waals surface area contributed by atoms with Crippen molar-refractivity contribution in [2.24, 2.45) is 0 Å². The van der Waals surface area contributed by atoms with E-state index < -0.39 is 0 Å². The molecule has 0 aliphatic carbocycles. The second kappa shape index (κ2) is 2.31. The summed E-state index contributed by atoms with van der Waals surface area (Å²) in [5, 5.41) is 0. The molecule has 0 atom stereocenters. The molecule has 11 heavy (non-hydrogen) atoms. The standard InChI is InChI=1S/C5H4N4S2/c10-5-3-4(7-1-6-3)9(11)2-8-5/h1-2,11H,(H,6,7). The summed E-state index contributed by atoms with van der Waals surface area (Å²) in [5.41, 5.74) is 1.45. The Balaban J connectivity index is 3.08. The third-order valence-electron chi connectivity index (χ3n) is 1.33. The fourth-order valence-corrected chi connectivity index (χ4v) is 1.25. The molecule has 1 N–H and O–H groups in total. The molecule has 0 spiro atoms. The number of imidazole rings is 1. The van der Waals surface area contributed by atoms with Gasteiger partial charge in [0.25, 0.3) is 0 Å². The molecule has 0 aliphatic rings. The molecule has 0 aromatic carbocycles. The van der Waals surface area contributed by atoms with Gasteiger partial charge in [-0.15, -0.1) is 0 Å². The summed E-state index contributed by atoms with van der Waals surface area (Å²) in [6.45, 7) is 0. The lowest BCUT2D eigenvalue weighted by molar-refractivity contribution is 1.14. The Kier molecular flexibility index (Phi) is 1.43. The first-order chi connectivity index (χ1) is 5.29. The minimum Gasteiger partial charge on any atom is -0.341 e. The molecule has 2 rings (SSSR count). The number of hydrogen-bond acceptors (Lipinski definition) is 4. The summed E-state index contributed by atoms with van der Waals surface area (Å²) < 4.78 is 2.03. The summed E-state index contributed by atoms with van der Waals surface area (Å²) in [4.78, 5) is 10.8. The van der Waals surface area contributed by atoms with Crippen molar-refractivity contribution in [3.05, 3.63) is 17.3 Å². The van der Waals surface area contributed by atoms with Crippen LogP contribution in [-0.2, 0) is 0 Å². The average molecular weight is 184 g/mol. The lowest BCUT2D eigenvalue weighted by Crippen LogP contribution is -1.88. The molecule has 0 saturated carbocycles. The van der Waals surface area contributed by atoms with Gasteiger partial charge in [0.1, 0.15) is 11.8 Å². The number of rotatable bonds is 0. The van der Waals surface area contributed by atoms with Gasteiger partial charge in [0.15, 0.2) is 10.3 Å². The average Bonchev–Trinajstić information content (AvgIpc) is 2.45. The predicted octanol–water partition coefficient (Wildman–Crippen LogP) is 1.18. The Bertz CT molecular complexity index is 443. The highest BCUT2D eigenvalue weighted by Gasteiger charge is 1.99. The lowest BCUT2D eigenvalue weighted by atomic mass is 10.6. The van der Waals surface area contributed by atoms with Crippen LogP contribution in [0.1, 0.15) is 0 Å². The van der Waals surface area contributed by atoms with Crippen molar-refractivity contribution in [3.63, 3.8) is 0 Å². The van der Waals surface area contributed by atoms with Gasteiger partial charge in [0, 0.05) is 0 Å². The van der Waals surface area contributed by atoms with Crippen LogP contribution in [0.15, 0.2) is 12.7 Å². The van der Waals surface area contributed by atoms with Gasteiger partial charge in [-0.1, -0.05) is 25.0 Å². The molecule has 0 unspecified atom stereocenters. The SMILES string of the molecule is S=c1ncn(S)c2nc[nH]c12. The Hall–Kier alpha value is -0.880. The van der Waals surface area contributed by atoms with Crippen LogP contribution in [0.5, 0.6) is 0 Å². The van der Waals surface area contributed by atoms with Crippen LogP contribution in [-0.4, -0.2) is 18.9 Å². The van der Waals surface area contributed by atoms with E-state index in [9.17, 15) is 0 Å². The molecular weight excluding hydrogens is 180 g/mol. The monoisotopic (exact) mass is 184 g/mol. The summed E-state index contributed by atoms with van der Waals surface area (Å²) in [5.74, 6) is 0. The van der Waals surface area contributed by atoms with Crippen LogP contribution >= 0.6 is 25.0 Å². The first kappa shape index (κ1) is 6.81. The van der Waals surface area contributed by atoms with E-state index in [0.29, 0.717) is 10.3 Å². The fourth-order valence-electron chi connectivity index (χ4n) is 0.845. The molecule has 0 amide bonds. The number of aromatic nitrogens is 4. The molecule has 4 nitrogen and oxygen atoms in total. The number of aromatic amines is 1. The Labute approximate surface area is 72.8 Å². The van der Waals surface area contributed by atoms with Gasteiger partial charge in [-0.2, -0.15) is 0 Å². The molecular formula is C5H4N4S2. The van der Waals surface area contributed by atoms with Gasteiger partial charge in [0.2, 0.25) is 0 Å². The summed E-state index contributed by atoms with van der Waals surface area (Å²) in [7, 11) is 0. The van der Waals surface area contributed by atoms with E-state index in [-0.39, 0.29) is 0 Å². The third kappa shape index (κ3) is 0.945. The van der Waals surface area contributed by atoms with Gasteiger partial charge < -0.3 is 4.98 Å². The van der Waals surface area contributed by atoms with Crippen LogP contribution < -0.4 is 0 Å². The normalized spacial score (nSPS) is 10.6. The second-order valence-electron chi connectivity index (χ2n) is 2.00. The first-order valence-electron chi connectivity index (χ1n) is 2.89. The van der Waals surface area contributed by atoms with E-state index in [1.807, 2.05) is 0 Å². The second-order valence-corrected chi connectivity index (χ2v) is 2.81. The number of nitrogens with zero attached hydrogens (tertiary/aromatic N) is 3. The van der Waals surface area contributed by atoms with Crippen LogP contribution in [0.4, 0.5) is 0 Å². The quantitative estimate of drug-likeness (QED) is 0.477. The highest BCUT2D eigenvalue weighted by molar-refractivity contribution is 7.78. The minimum absolute atomic E-state index is 0.516. The van der Waals surface area contributed by atoms with E-state index in [1.165, 1.54) is 10.3 Å². The van der Waals surface area contributed by atoms with Gasteiger partial charge in [0.05, 0.1) is 6.33 Å². The maximum absolute atomic E-state index is 4.94. The number of nitrogens with one attached hydrogen (secondary N) is 1. The summed E-state index contributed by atoms with van der Waals surface area (Å²) in [6.07, 6.45) is 3.09. The molecule has 2 aromatic heterocycles. The lowest BCUT2D eigenvalue weighted by Gasteiger charge is -1.94. The van der Waals surface area contributed by atoms with Crippen LogP contribution in [0.25, 0.3) is 11.2 Å². The van der Waals surface area contributed by atoms with Crippen molar-refractivity contribution in [2.45, 2.75) is 0 Å². The minimum atomic E-state index is 0.516. The van der Waals surface area contributed by atoms with Crippen molar-refractivity contribution in [1.82, 2.24) is 18.9 Å². The van der Waals surface area contributed by atoms with Crippen LogP contribution in [0.3, 0.4) is 0 Å². The topological polar surface area (TPSA) is 46.5 Å². The number of thiol groups is 1. The van der Waals surface area contributed by atoms with E-state index in [2.05, 4.69) is 27.8 Å². The van der Waals surface area contributed by atoms with Gasteiger partial charge >= 0.3 is 0 Å². The highest BCUT2D eigenvalue weighted by atomic mass is 32.1. The Morgan fingerprint density at radius 2 is 2.36 bits per heavy atom. The maximum Gasteiger partial charge on any atom is 0.172 e. The van der Waals surface area contributed by atoms with Crippen molar-refractivity contribution < 1.29 is 0 Å². The van der Waals surface area contributed by atoms with Crippen molar-refractivity contribution >= 4 is 36.2 Å². The van der Waals surface area contributed by atoms with Crippen molar-refractivity contribution in [1.29, 1.82) is 0 Å². The number of fused-ring (bicyclic) bond motifs is 1. The smallest absolute Gasteiger partial charge is 0.172 e. The zero-order valence-corrected chi connectivity index (χ0v) is 7.06. The van der Waals surface area contributed by atoms with Crippen molar-refractivity contribution in [2.75, 3.05) is 0 Å².